The molecule has 0 radical (unpaired) electrons. The molecule has 2 rings (SSSR count). The highest BCUT2D eigenvalue weighted by atomic mass is 15.3. The first-order chi connectivity index (χ1) is 9.70. The van der Waals surface area contributed by atoms with Crippen LogP contribution in [0.1, 0.15) is 54.4 Å². The number of rotatable bonds is 2. The van der Waals surface area contributed by atoms with Crippen molar-refractivity contribution in [1.82, 2.24) is 15.1 Å². The maximum Gasteiger partial charge on any atom is 0.0247 e. The number of hydrogen-bond donors (Lipinski definition) is 1. The van der Waals surface area contributed by atoms with Crippen molar-refractivity contribution in [3.63, 3.8) is 0 Å². The third-order valence-corrected chi connectivity index (χ3v) is 5.86. The van der Waals surface area contributed by atoms with Gasteiger partial charge in [-0.15, -0.1) is 0 Å². The molecule has 0 amide bonds. The monoisotopic (exact) mass is 295 g/mol. The van der Waals surface area contributed by atoms with Crippen LogP contribution in [0.15, 0.2) is 0 Å². The number of piperidine rings is 1. The largest absolute Gasteiger partial charge is 0.311 e. The summed E-state index contributed by atoms with van der Waals surface area (Å²) in [4.78, 5) is 5.38. The third kappa shape index (κ3) is 4.00. The number of nitrogens with one attached hydrogen (secondary N) is 1. The lowest BCUT2D eigenvalue weighted by Crippen LogP contribution is -2.65. The second-order valence-electron chi connectivity index (χ2n) is 8.84. The molecule has 0 saturated carbocycles. The van der Waals surface area contributed by atoms with Gasteiger partial charge < -0.3 is 10.2 Å². The molecule has 2 aliphatic heterocycles. The molecule has 0 bridgehead atoms. The van der Waals surface area contributed by atoms with E-state index in [1.54, 1.807) is 0 Å². The zero-order valence-electron chi connectivity index (χ0n) is 15.3. The van der Waals surface area contributed by atoms with Crippen molar-refractivity contribution in [3.8, 4) is 0 Å². The molecule has 2 heterocycles. The van der Waals surface area contributed by atoms with Gasteiger partial charge in [0.05, 0.1) is 0 Å². The van der Waals surface area contributed by atoms with Gasteiger partial charge in [-0.25, -0.2) is 0 Å². The minimum absolute atomic E-state index is 0.345. The van der Waals surface area contributed by atoms with Crippen molar-refractivity contribution in [2.24, 2.45) is 11.3 Å². The predicted octanol–water partition coefficient (Wildman–Crippen LogP) is 2.81. The minimum atomic E-state index is 0.345. The fourth-order valence-corrected chi connectivity index (χ4v) is 3.98. The molecule has 0 aliphatic carbocycles. The van der Waals surface area contributed by atoms with E-state index in [1.807, 2.05) is 0 Å². The Morgan fingerprint density at radius 3 is 2.38 bits per heavy atom. The van der Waals surface area contributed by atoms with Crippen LogP contribution >= 0.6 is 0 Å². The van der Waals surface area contributed by atoms with Crippen LogP contribution in [0.2, 0.25) is 0 Å². The van der Waals surface area contributed by atoms with E-state index < -0.39 is 0 Å². The molecule has 4 unspecified atom stereocenters. The van der Waals surface area contributed by atoms with Crippen LogP contribution in [0.3, 0.4) is 0 Å². The fourth-order valence-electron chi connectivity index (χ4n) is 3.98. The quantitative estimate of drug-likeness (QED) is 0.845. The average molecular weight is 296 g/mol. The first-order valence-electron chi connectivity index (χ1n) is 8.89. The lowest BCUT2D eigenvalue weighted by atomic mass is 9.82. The number of likely N-dealkylation sites (tertiary alicyclic amines) is 1. The van der Waals surface area contributed by atoms with Crippen molar-refractivity contribution in [2.45, 2.75) is 78.6 Å². The highest BCUT2D eigenvalue weighted by Gasteiger charge is 2.39. The molecule has 2 saturated heterocycles. The van der Waals surface area contributed by atoms with E-state index in [4.69, 9.17) is 0 Å². The highest BCUT2D eigenvalue weighted by Crippen LogP contribution is 2.30. The van der Waals surface area contributed by atoms with Gasteiger partial charge in [0.2, 0.25) is 0 Å². The van der Waals surface area contributed by atoms with Crippen molar-refractivity contribution in [3.05, 3.63) is 0 Å². The summed E-state index contributed by atoms with van der Waals surface area (Å²) in [5.41, 5.74) is 0.345. The number of piperazine rings is 1. The van der Waals surface area contributed by atoms with Crippen LogP contribution in [0.25, 0.3) is 0 Å². The number of hydrogen-bond acceptors (Lipinski definition) is 3. The predicted molar refractivity (Wildman–Crippen MR) is 91.7 cm³/mol. The van der Waals surface area contributed by atoms with E-state index in [-0.39, 0.29) is 0 Å². The smallest absolute Gasteiger partial charge is 0.0247 e. The zero-order valence-corrected chi connectivity index (χ0v) is 15.3. The minimum Gasteiger partial charge on any atom is -0.311 e. The molecule has 2 fully saturated rings. The van der Waals surface area contributed by atoms with Gasteiger partial charge in [0.25, 0.3) is 0 Å². The molecule has 4 atom stereocenters. The molecule has 21 heavy (non-hydrogen) atoms. The molecule has 124 valence electrons. The first-order valence-corrected chi connectivity index (χ1v) is 8.89. The van der Waals surface area contributed by atoms with Gasteiger partial charge in [0.1, 0.15) is 0 Å². The van der Waals surface area contributed by atoms with E-state index in [0.717, 1.165) is 24.5 Å². The van der Waals surface area contributed by atoms with Gasteiger partial charge in [0.15, 0.2) is 0 Å². The van der Waals surface area contributed by atoms with E-state index in [2.05, 4.69) is 63.7 Å². The summed E-state index contributed by atoms with van der Waals surface area (Å²) in [7, 11) is 2.27. The molecule has 3 nitrogen and oxygen atoms in total. The Labute approximate surface area is 132 Å². The maximum absolute atomic E-state index is 3.83. The Morgan fingerprint density at radius 2 is 1.86 bits per heavy atom. The molecular weight excluding hydrogens is 258 g/mol. The summed E-state index contributed by atoms with van der Waals surface area (Å²) in [6.45, 7) is 17.9. The van der Waals surface area contributed by atoms with Crippen molar-refractivity contribution in [2.75, 3.05) is 26.7 Å². The van der Waals surface area contributed by atoms with Gasteiger partial charge >= 0.3 is 0 Å². The molecule has 0 aromatic carbocycles. The topological polar surface area (TPSA) is 18.5 Å². The Balaban J connectivity index is 2.11. The molecule has 2 aliphatic rings. The fraction of sp³-hybridized carbons (Fsp3) is 1.00. The lowest BCUT2D eigenvalue weighted by Gasteiger charge is -2.51. The lowest BCUT2D eigenvalue weighted by molar-refractivity contribution is -0.00252. The summed E-state index contributed by atoms with van der Waals surface area (Å²) < 4.78 is 0. The molecule has 0 aromatic rings. The molecule has 3 heteroatoms. The van der Waals surface area contributed by atoms with Gasteiger partial charge in [-0.05, 0) is 44.7 Å². The van der Waals surface area contributed by atoms with Crippen LogP contribution in [0.4, 0.5) is 0 Å². The van der Waals surface area contributed by atoms with Crippen LogP contribution < -0.4 is 5.32 Å². The Bertz CT molecular complexity index is 334. The average Bonchev–Trinajstić information content (AvgIpc) is 2.40. The van der Waals surface area contributed by atoms with Gasteiger partial charge in [-0.1, -0.05) is 34.6 Å². The van der Waals surface area contributed by atoms with E-state index in [1.165, 1.54) is 25.9 Å². The van der Waals surface area contributed by atoms with Crippen molar-refractivity contribution >= 4 is 0 Å². The summed E-state index contributed by atoms with van der Waals surface area (Å²) >= 11 is 0. The summed E-state index contributed by atoms with van der Waals surface area (Å²) in [6.07, 6.45) is 2.66. The summed E-state index contributed by atoms with van der Waals surface area (Å²) in [5, 5.41) is 3.83. The Kier molecular flexibility index (Phi) is 5.38. The highest BCUT2D eigenvalue weighted by molar-refractivity contribution is 4.97. The summed E-state index contributed by atoms with van der Waals surface area (Å²) in [6, 6.07) is 2.81. The molecular formula is C18H37N3. The molecule has 1 N–H and O–H groups in total. The van der Waals surface area contributed by atoms with E-state index in [9.17, 15) is 0 Å². The maximum atomic E-state index is 3.83. The molecule has 0 spiro atoms. The second kappa shape index (κ2) is 6.55. The Hall–Kier alpha value is -0.120. The van der Waals surface area contributed by atoms with Gasteiger partial charge in [-0.3, -0.25) is 4.90 Å². The number of nitrogens with zero attached hydrogens (tertiary/aromatic N) is 2. The van der Waals surface area contributed by atoms with Gasteiger partial charge in [-0.2, -0.15) is 0 Å². The van der Waals surface area contributed by atoms with E-state index in [0.29, 0.717) is 17.5 Å². The van der Waals surface area contributed by atoms with Crippen LogP contribution in [-0.4, -0.2) is 60.6 Å². The summed E-state index contributed by atoms with van der Waals surface area (Å²) in [5.74, 6) is 0.730. The van der Waals surface area contributed by atoms with Crippen LogP contribution in [0, 0.1) is 11.3 Å². The first kappa shape index (κ1) is 17.2. The SMILES string of the molecule is CC(C)C1CNC(C(C)(C)C)CN1C1CCN(C)C(C)C1. The van der Waals surface area contributed by atoms with Crippen molar-refractivity contribution in [1.29, 1.82) is 0 Å². The molecule has 0 aromatic heterocycles. The van der Waals surface area contributed by atoms with Gasteiger partial charge in [0, 0.05) is 37.3 Å². The van der Waals surface area contributed by atoms with Crippen LogP contribution in [0.5, 0.6) is 0 Å². The standard InChI is InChI=1S/C18H37N3/c1-13(2)16-11-19-17(18(4,5)6)12-21(16)15-8-9-20(7)14(3)10-15/h13-17,19H,8-12H2,1-7H3. The van der Waals surface area contributed by atoms with Crippen LogP contribution in [-0.2, 0) is 0 Å². The normalized spacial score (nSPS) is 37.1. The third-order valence-electron chi connectivity index (χ3n) is 5.86. The second-order valence-corrected chi connectivity index (χ2v) is 8.84. The Morgan fingerprint density at radius 1 is 1.19 bits per heavy atom. The van der Waals surface area contributed by atoms with Crippen molar-refractivity contribution < 1.29 is 0 Å². The zero-order chi connectivity index (χ0) is 15.8. The van der Waals surface area contributed by atoms with E-state index >= 15 is 0 Å².